The zero-order valence-electron chi connectivity index (χ0n) is 23.2. The Labute approximate surface area is 229 Å². The summed E-state index contributed by atoms with van der Waals surface area (Å²) >= 11 is 0. The van der Waals surface area contributed by atoms with Crippen molar-refractivity contribution in [2.24, 2.45) is 5.73 Å². The fraction of sp³-hybridized carbons (Fsp3) is 0.379. The van der Waals surface area contributed by atoms with Gasteiger partial charge in [0.1, 0.15) is 11.8 Å². The first-order valence-electron chi connectivity index (χ1n) is 12.8. The number of nitrogens with zero attached hydrogens (tertiary/aromatic N) is 3. The molecule has 0 saturated carbocycles. The van der Waals surface area contributed by atoms with Crippen LogP contribution in [0.25, 0.3) is 0 Å². The van der Waals surface area contributed by atoms with Crippen LogP contribution in [0.2, 0.25) is 0 Å². The number of anilines is 1. The van der Waals surface area contributed by atoms with E-state index in [1.807, 2.05) is 30.3 Å². The highest BCUT2D eigenvalue weighted by Crippen LogP contribution is 2.24. The van der Waals surface area contributed by atoms with Crippen molar-refractivity contribution in [2.75, 3.05) is 26.5 Å². The number of nitrogens with one attached hydrogen (secondary N) is 2. The highest BCUT2D eigenvalue weighted by atomic mass is 16.5. The van der Waals surface area contributed by atoms with Crippen LogP contribution in [0.4, 0.5) is 5.69 Å². The molecule has 10 nitrogen and oxygen atoms in total. The van der Waals surface area contributed by atoms with E-state index in [0.29, 0.717) is 29.8 Å². The predicted molar refractivity (Wildman–Crippen MR) is 150 cm³/mol. The first-order chi connectivity index (χ1) is 18.5. The molecule has 3 rings (SSSR count). The highest BCUT2D eigenvalue weighted by Gasteiger charge is 2.29. The smallest absolute Gasteiger partial charge is 0.251 e. The van der Waals surface area contributed by atoms with Crippen molar-refractivity contribution in [3.05, 3.63) is 78.1 Å². The number of likely N-dealkylation sites (N-methyl/N-ethyl adjacent to an activating group) is 1. The number of nitrogens with two attached hydrogens (primary N) is 1. The summed E-state index contributed by atoms with van der Waals surface area (Å²) in [5, 5.41) is 9.99. The van der Waals surface area contributed by atoms with Crippen LogP contribution in [-0.2, 0) is 20.8 Å². The molecule has 3 aromatic rings. The Kier molecular flexibility index (Phi) is 9.84. The maximum atomic E-state index is 13.3. The van der Waals surface area contributed by atoms with Gasteiger partial charge in [-0.1, -0.05) is 42.5 Å². The van der Waals surface area contributed by atoms with Crippen LogP contribution in [-0.4, -0.2) is 65.2 Å². The van der Waals surface area contributed by atoms with Gasteiger partial charge in [0.15, 0.2) is 6.04 Å². The summed E-state index contributed by atoms with van der Waals surface area (Å²) in [6.07, 6.45) is 4.95. The number of benzene rings is 2. The summed E-state index contributed by atoms with van der Waals surface area (Å²) in [5.74, 6) is -0.323. The van der Waals surface area contributed by atoms with Crippen LogP contribution < -0.4 is 21.1 Å². The molecule has 0 spiro atoms. The van der Waals surface area contributed by atoms with Crippen molar-refractivity contribution >= 4 is 23.4 Å². The van der Waals surface area contributed by atoms with E-state index in [1.165, 1.54) is 15.8 Å². The minimum absolute atomic E-state index is 0.183. The Morgan fingerprint density at radius 2 is 1.74 bits per heavy atom. The third kappa shape index (κ3) is 8.15. The van der Waals surface area contributed by atoms with Crippen molar-refractivity contribution in [1.29, 1.82) is 0 Å². The average Bonchev–Trinajstić information content (AvgIpc) is 3.36. The zero-order chi connectivity index (χ0) is 28.6. The third-order valence-corrected chi connectivity index (χ3v) is 6.25. The van der Waals surface area contributed by atoms with Crippen LogP contribution in [0.5, 0.6) is 5.75 Å². The Bertz CT molecular complexity index is 1250. The van der Waals surface area contributed by atoms with E-state index < -0.39 is 23.5 Å². The lowest BCUT2D eigenvalue weighted by molar-refractivity contribution is -0.131. The summed E-state index contributed by atoms with van der Waals surface area (Å²) in [4.78, 5) is 40.5. The minimum atomic E-state index is -1.14. The summed E-state index contributed by atoms with van der Waals surface area (Å²) in [5.41, 5.74) is 7.09. The standard InChI is InChI=1S/C29H38N6O4/c1-29(2,30)28(38)33-24(13-9-12-20-10-7-6-8-11-20)26(36)32-22-18-31-35(19-22)25(27(37)34(3)4)21-14-16-23(39-5)17-15-21/h6-8,10-11,14-19,24-25H,9,12-13,30H2,1-5H3,(H,32,36)(H,33,38). The number of hydrogen-bond acceptors (Lipinski definition) is 6. The van der Waals surface area contributed by atoms with Crippen molar-refractivity contribution in [2.45, 2.75) is 50.7 Å². The third-order valence-electron chi connectivity index (χ3n) is 6.25. The number of carbonyl (C=O) groups is 3. The van der Waals surface area contributed by atoms with Crippen LogP contribution in [0.1, 0.15) is 43.9 Å². The lowest BCUT2D eigenvalue weighted by Gasteiger charge is -2.24. The van der Waals surface area contributed by atoms with E-state index in [4.69, 9.17) is 10.5 Å². The Morgan fingerprint density at radius 1 is 1.08 bits per heavy atom. The maximum absolute atomic E-state index is 13.3. The first kappa shape index (κ1) is 29.4. The van der Waals surface area contributed by atoms with Crippen molar-refractivity contribution in [1.82, 2.24) is 20.0 Å². The van der Waals surface area contributed by atoms with E-state index >= 15 is 0 Å². The van der Waals surface area contributed by atoms with E-state index in [2.05, 4.69) is 15.7 Å². The Hall–Kier alpha value is -4.18. The van der Waals surface area contributed by atoms with Gasteiger partial charge in [0.05, 0.1) is 24.5 Å². The molecule has 0 saturated heterocycles. The molecule has 0 fully saturated rings. The average molecular weight is 535 g/mol. The van der Waals surface area contributed by atoms with Crippen LogP contribution in [0.15, 0.2) is 67.0 Å². The second-order valence-corrected chi connectivity index (χ2v) is 10.2. The molecule has 39 heavy (non-hydrogen) atoms. The molecule has 1 aromatic heterocycles. The van der Waals surface area contributed by atoms with E-state index in [1.54, 1.807) is 65.5 Å². The van der Waals surface area contributed by atoms with Crippen LogP contribution >= 0.6 is 0 Å². The topological polar surface area (TPSA) is 132 Å². The number of amides is 3. The summed E-state index contributed by atoms with van der Waals surface area (Å²) in [7, 11) is 4.92. The molecule has 208 valence electrons. The highest BCUT2D eigenvalue weighted by molar-refractivity contribution is 5.98. The SMILES string of the molecule is COc1ccc(C(C(=O)N(C)C)n2cc(NC(=O)C(CCCc3ccccc3)NC(=O)C(C)(C)N)cn2)cc1. The van der Waals surface area contributed by atoms with Gasteiger partial charge in [0.2, 0.25) is 11.8 Å². The van der Waals surface area contributed by atoms with E-state index in [0.717, 1.165) is 12.0 Å². The molecule has 2 aromatic carbocycles. The Balaban J connectivity index is 1.77. The largest absolute Gasteiger partial charge is 0.497 e. The molecule has 2 unspecified atom stereocenters. The molecule has 0 aliphatic heterocycles. The summed E-state index contributed by atoms with van der Waals surface area (Å²) < 4.78 is 6.74. The molecule has 1 heterocycles. The zero-order valence-corrected chi connectivity index (χ0v) is 23.2. The lowest BCUT2D eigenvalue weighted by atomic mass is 10.0. The quantitative estimate of drug-likeness (QED) is 0.327. The number of methoxy groups -OCH3 is 1. The van der Waals surface area contributed by atoms with E-state index in [9.17, 15) is 14.4 Å². The van der Waals surface area contributed by atoms with Crippen LogP contribution in [0.3, 0.4) is 0 Å². The number of carbonyl (C=O) groups excluding carboxylic acids is 3. The van der Waals surface area contributed by atoms with Crippen molar-refractivity contribution in [3.63, 3.8) is 0 Å². The molecular weight excluding hydrogens is 496 g/mol. The molecule has 4 N–H and O–H groups in total. The van der Waals surface area contributed by atoms with Gasteiger partial charge in [-0.05, 0) is 56.4 Å². The second-order valence-electron chi connectivity index (χ2n) is 10.2. The lowest BCUT2D eigenvalue weighted by Crippen LogP contribution is -2.54. The minimum Gasteiger partial charge on any atom is -0.497 e. The molecule has 0 aliphatic carbocycles. The number of ether oxygens (including phenoxy) is 1. The Morgan fingerprint density at radius 3 is 2.33 bits per heavy atom. The van der Waals surface area contributed by atoms with Gasteiger partial charge in [-0.25, -0.2) is 0 Å². The molecular formula is C29H38N6O4. The number of hydrogen-bond donors (Lipinski definition) is 3. The number of aromatic nitrogens is 2. The second kappa shape index (κ2) is 13.1. The molecule has 0 bridgehead atoms. The van der Waals surface area contributed by atoms with Crippen molar-refractivity contribution < 1.29 is 19.1 Å². The fourth-order valence-electron chi connectivity index (χ4n) is 3.98. The van der Waals surface area contributed by atoms with E-state index in [-0.39, 0.29) is 11.8 Å². The van der Waals surface area contributed by atoms with Gasteiger partial charge < -0.3 is 26.0 Å². The molecule has 0 aliphatic rings. The molecule has 3 amide bonds. The van der Waals surface area contributed by atoms with Gasteiger partial charge in [0, 0.05) is 20.3 Å². The maximum Gasteiger partial charge on any atom is 0.251 e. The van der Waals surface area contributed by atoms with Gasteiger partial charge in [-0.15, -0.1) is 0 Å². The summed E-state index contributed by atoms with van der Waals surface area (Å²) in [6.45, 7) is 3.18. The normalized spacial score (nSPS) is 12.8. The monoisotopic (exact) mass is 534 g/mol. The van der Waals surface area contributed by atoms with Crippen LogP contribution in [0, 0.1) is 0 Å². The summed E-state index contributed by atoms with van der Waals surface area (Å²) in [6, 6.07) is 15.6. The van der Waals surface area contributed by atoms with Gasteiger partial charge in [-0.2, -0.15) is 5.10 Å². The molecule has 0 radical (unpaired) electrons. The molecule has 10 heteroatoms. The number of aryl methyl sites for hydroxylation is 1. The predicted octanol–water partition coefficient (Wildman–Crippen LogP) is 2.75. The fourth-order valence-corrected chi connectivity index (χ4v) is 3.98. The number of rotatable bonds is 12. The van der Waals surface area contributed by atoms with Gasteiger partial charge in [0.25, 0.3) is 5.91 Å². The van der Waals surface area contributed by atoms with Crippen molar-refractivity contribution in [3.8, 4) is 5.75 Å². The van der Waals surface area contributed by atoms with Gasteiger partial charge >= 0.3 is 0 Å². The molecule has 2 atom stereocenters. The first-order valence-corrected chi connectivity index (χ1v) is 12.8. The van der Waals surface area contributed by atoms with Gasteiger partial charge in [-0.3, -0.25) is 19.1 Å².